The van der Waals surface area contributed by atoms with Crippen LogP contribution in [0, 0.1) is 4.64 Å². The number of pyridine rings is 1. The maximum Gasteiger partial charge on any atom is 0.254 e. The zero-order valence-electron chi connectivity index (χ0n) is 14.3. The van der Waals surface area contributed by atoms with Crippen molar-refractivity contribution in [1.29, 1.82) is 0 Å². The summed E-state index contributed by atoms with van der Waals surface area (Å²) in [5.41, 5.74) is 4.06. The molecule has 132 valence electrons. The van der Waals surface area contributed by atoms with Gasteiger partial charge in [-0.2, -0.15) is 5.10 Å². The van der Waals surface area contributed by atoms with Crippen LogP contribution in [-0.2, 0) is 13.0 Å². The first-order valence-electron chi connectivity index (χ1n) is 8.79. The fourth-order valence-corrected chi connectivity index (χ4v) is 3.73. The third-order valence-corrected chi connectivity index (χ3v) is 5.14. The van der Waals surface area contributed by atoms with Gasteiger partial charge in [-0.3, -0.25) is 9.48 Å². The largest absolute Gasteiger partial charge is 0.352 e. The molecule has 26 heavy (non-hydrogen) atoms. The van der Waals surface area contributed by atoms with Crippen molar-refractivity contribution in [2.24, 2.45) is 0 Å². The number of aromatic nitrogens is 3. The summed E-state index contributed by atoms with van der Waals surface area (Å²) in [6.07, 6.45) is 6.55. The molecule has 4 rings (SSSR count). The van der Waals surface area contributed by atoms with E-state index < -0.39 is 0 Å². The Kier molecular flexibility index (Phi) is 4.67. The molecule has 0 bridgehead atoms. The molecule has 0 spiro atoms. The third kappa shape index (κ3) is 3.32. The highest BCUT2D eigenvalue weighted by Crippen LogP contribution is 2.30. The molecule has 1 amide bonds. The highest BCUT2D eigenvalue weighted by Gasteiger charge is 2.26. The van der Waals surface area contributed by atoms with E-state index in [1.165, 1.54) is 11.3 Å². The lowest BCUT2D eigenvalue weighted by Gasteiger charge is -2.24. The molecule has 2 aromatic heterocycles. The molecule has 6 heteroatoms. The van der Waals surface area contributed by atoms with Gasteiger partial charge in [0.2, 0.25) is 0 Å². The first-order valence-corrected chi connectivity index (χ1v) is 9.20. The predicted octanol–water partition coefficient (Wildman–Crippen LogP) is 3.80. The Morgan fingerprint density at radius 3 is 2.92 bits per heavy atom. The van der Waals surface area contributed by atoms with Crippen molar-refractivity contribution in [3.63, 3.8) is 0 Å². The summed E-state index contributed by atoms with van der Waals surface area (Å²) in [5, 5.41) is 7.71. The second-order valence-electron chi connectivity index (χ2n) is 6.52. The number of benzene rings is 1. The van der Waals surface area contributed by atoms with Crippen LogP contribution in [0.5, 0.6) is 0 Å². The summed E-state index contributed by atoms with van der Waals surface area (Å²) in [7, 11) is 0. The average molecular weight is 364 g/mol. The average Bonchev–Trinajstić information content (AvgIpc) is 3.07. The van der Waals surface area contributed by atoms with Gasteiger partial charge in [0, 0.05) is 17.5 Å². The zero-order valence-corrected chi connectivity index (χ0v) is 15.1. The Labute approximate surface area is 157 Å². The summed E-state index contributed by atoms with van der Waals surface area (Å²) in [4.78, 5) is 15.5. The van der Waals surface area contributed by atoms with Crippen LogP contribution < -0.4 is 5.32 Å². The minimum Gasteiger partial charge on any atom is -0.352 e. The van der Waals surface area contributed by atoms with Crippen LogP contribution in [0.3, 0.4) is 0 Å². The van der Waals surface area contributed by atoms with Crippen molar-refractivity contribution >= 4 is 18.1 Å². The number of hydrogen-bond donors (Lipinski definition) is 2. The lowest BCUT2D eigenvalue weighted by atomic mass is 9.92. The summed E-state index contributed by atoms with van der Waals surface area (Å²) in [6, 6.07) is 13.8. The van der Waals surface area contributed by atoms with Crippen LogP contribution in [0.25, 0.3) is 0 Å². The van der Waals surface area contributed by atoms with Crippen LogP contribution in [-0.4, -0.2) is 20.7 Å². The Hall–Kier alpha value is -2.73. The van der Waals surface area contributed by atoms with Gasteiger partial charge in [0.15, 0.2) is 0 Å². The molecular formula is C20H20N4OS. The molecule has 2 heterocycles. The normalized spacial score (nSPS) is 16.1. The van der Waals surface area contributed by atoms with E-state index in [0.717, 1.165) is 31.4 Å². The van der Waals surface area contributed by atoms with Gasteiger partial charge in [-0.25, -0.2) is 0 Å². The van der Waals surface area contributed by atoms with Gasteiger partial charge in [-0.15, -0.1) is 0 Å². The molecule has 0 saturated heterocycles. The number of aromatic amines is 1. The number of hydrogen-bond acceptors (Lipinski definition) is 3. The van der Waals surface area contributed by atoms with Gasteiger partial charge >= 0.3 is 0 Å². The second-order valence-corrected chi connectivity index (χ2v) is 6.93. The van der Waals surface area contributed by atoms with E-state index in [1.54, 1.807) is 18.3 Å². The van der Waals surface area contributed by atoms with Crippen LogP contribution in [0.15, 0.2) is 54.9 Å². The van der Waals surface area contributed by atoms with Crippen molar-refractivity contribution in [3.8, 4) is 0 Å². The van der Waals surface area contributed by atoms with E-state index in [4.69, 9.17) is 12.2 Å². The molecular weight excluding hydrogens is 344 g/mol. The molecule has 3 aromatic rings. The molecule has 1 aromatic carbocycles. The molecule has 2 N–H and O–H groups in total. The maximum atomic E-state index is 12.6. The molecule has 1 atom stereocenters. The van der Waals surface area contributed by atoms with Crippen molar-refractivity contribution in [1.82, 2.24) is 20.1 Å². The number of carbonyl (C=O) groups excluding carboxylic acids is 1. The number of amides is 1. The first kappa shape index (κ1) is 16.7. The Morgan fingerprint density at radius 2 is 2.12 bits per heavy atom. The first-order chi connectivity index (χ1) is 12.7. The summed E-state index contributed by atoms with van der Waals surface area (Å²) in [6.45, 7) is 0.751. The van der Waals surface area contributed by atoms with Crippen LogP contribution in [0.1, 0.15) is 46.1 Å². The molecule has 0 saturated carbocycles. The van der Waals surface area contributed by atoms with Crippen molar-refractivity contribution in [3.05, 3.63) is 81.9 Å². The third-order valence-electron chi connectivity index (χ3n) is 4.81. The minimum atomic E-state index is -0.138. The van der Waals surface area contributed by atoms with E-state index in [-0.39, 0.29) is 11.9 Å². The number of fused-ring (bicyclic) bond motifs is 1. The number of nitrogens with one attached hydrogen (secondary N) is 2. The second kappa shape index (κ2) is 7.25. The van der Waals surface area contributed by atoms with E-state index >= 15 is 0 Å². The topological polar surface area (TPSA) is 62.7 Å². The minimum absolute atomic E-state index is 0.0228. The van der Waals surface area contributed by atoms with Gasteiger partial charge in [-0.1, -0.05) is 42.5 Å². The Balaban J connectivity index is 1.56. The zero-order chi connectivity index (χ0) is 17.9. The monoisotopic (exact) mass is 364 g/mol. The summed E-state index contributed by atoms with van der Waals surface area (Å²) < 4.78 is 2.51. The Bertz CT molecular complexity index is 977. The summed E-state index contributed by atoms with van der Waals surface area (Å²) in [5.74, 6) is -0.138. The smallest absolute Gasteiger partial charge is 0.254 e. The van der Waals surface area contributed by atoms with E-state index in [1.807, 2.05) is 24.4 Å². The van der Waals surface area contributed by atoms with Crippen molar-refractivity contribution in [2.75, 3.05) is 0 Å². The standard InChI is InChI=1S/C20H20N4OS/c25-19(15-8-5-11-21-20(15)26)23-17-9-4-10-18-16(17)12-22-24(18)13-14-6-2-1-3-7-14/h1-3,5-8,11-12,17H,4,9-10,13H2,(H,21,26)(H,23,25). The van der Waals surface area contributed by atoms with E-state index in [2.05, 4.69) is 32.2 Å². The fraction of sp³-hybridized carbons (Fsp3) is 0.250. The molecule has 5 nitrogen and oxygen atoms in total. The lowest BCUT2D eigenvalue weighted by Crippen LogP contribution is -2.31. The molecule has 0 aliphatic heterocycles. The highest BCUT2D eigenvalue weighted by molar-refractivity contribution is 7.71. The number of carbonyl (C=O) groups is 1. The molecule has 0 radical (unpaired) electrons. The fourth-order valence-electron chi connectivity index (χ4n) is 3.50. The van der Waals surface area contributed by atoms with Gasteiger partial charge in [-0.05, 0) is 37.0 Å². The highest BCUT2D eigenvalue weighted by atomic mass is 32.1. The van der Waals surface area contributed by atoms with Crippen molar-refractivity contribution in [2.45, 2.75) is 31.8 Å². The van der Waals surface area contributed by atoms with Crippen molar-refractivity contribution < 1.29 is 4.79 Å². The molecule has 0 fully saturated rings. The number of nitrogens with zero attached hydrogens (tertiary/aromatic N) is 2. The molecule has 1 unspecified atom stereocenters. The predicted molar refractivity (Wildman–Crippen MR) is 103 cm³/mol. The van der Waals surface area contributed by atoms with Gasteiger partial charge < -0.3 is 10.3 Å². The maximum absolute atomic E-state index is 12.6. The van der Waals surface area contributed by atoms with Gasteiger partial charge in [0.1, 0.15) is 4.64 Å². The quantitative estimate of drug-likeness (QED) is 0.692. The van der Waals surface area contributed by atoms with Gasteiger partial charge in [0.25, 0.3) is 5.91 Å². The summed E-state index contributed by atoms with van der Waals surface area (Å²) >= 11 is 5.22. The SMILES string of the molecule is O=C(NC1CCCc2c1cnn2Cc1ccccc1)c1ccc[nH]c1=S. The van der Waals surface area contributed by atoms with E-state index in [9.17, 15) is 4.79 Å². The van der Waals surface area contributed by atoms with Gasteiger partial charge in [0.05, 0.1) is 24.3 Å². The molecule has 1 aliphatic rings. The number of H-pyrrole nitrogens is 1. The van der Waals surface area contributed by atoms with Crippen LogP contribution in [0.4, 0.5) is 0 Å². The van der Waals surface area contributed by atoms with E-state index in [0.29, 0.717) is 10.2 Å². The number of rotatable bonds is 4. The lowest BCUT2D eigenvalue weighted by molar-refractivity contribution is 0.0931. The van der Waals surface area contributed by atoms with Crippen LogP contribution >= 0.6 is 12.2 Å². The molecule has 1 aliphatic carbocycles. The van der Waals surface area contributed by atoms with Crippen LogP contribution in [0.2, 0.25) is 0 Å². The Morgan fingerprint density at radius 1 is 1.27 bits per heavy atom.